The third kappa shape index (κ3) is 4.47. The number of nitrogens with one attached hydrogen (secondary N) is 1. The second-order valence-corrected chi connectivity index (χ2v) is 8.17. The fourth-order valence-corrected chi connectivity index (χ4v) is 4.07. The molecule has 4 rings (SSSR count). The van der Waals surface area contributed by atoms with Crippen molar-refractivity contribution in [3.63, 3.8) is 0 Å². The van der Waals surface area contributed by atoms with E-state index in [4.69, 9.17) is 4.42 Å². The van der Waals surface area contributed by atoms with Crippen LogP contribution in [-0.4, -0.2) is 25.9 Å². The van der Waals surface area contributed by atoms with Crippen LogP contribution in [0.25, 0.3) is 0 Å². The van der Waals surface area contributed by atoms with Gasteiger partial charge in [0.1, 0.15) is 11.6 Å². The molecule has 3 aromatic rings. The van der Waals surface area contributed by atoms with E-state index >= 15 is 0 Å². The Morgan fingerprint density at radius 3 is 2.75 bits per heavy atom. The van der Waals surface area contributed by atoms with E-state index in [1.165, 1.54) is 11.8 Å². The Morgan fingerprint density at radius 1 is 1.25 bits per heavy atom. The highest BCUT2D eigenvalue weighted by atomic mass is 32.2. The van der Waals surface area contributed by atoms with Crippen LogP contribution < -0.4 is 5.32 Å². The fourth-order valence-electron chi connectivity index (χ4n) is 3.09. The summed E-state index contributed by atoms with van der Waals surface area (Å²) in [6.45, 7) is 3.15. The number of aromatic nitrogens is 3. The summed E-state index contributed by atoms with van der Waals surface area (Å²) in [7, 11) is 0. The topological polar surface area (TPSA) is 73.0 Å². The van der Waals surface area contributed by atoms with Crippen molar-refractivity contribution in [1.29, 1.82) is 0 Å². The molecule has 1 atom stereocenters. The van der Waals surface area contributed by atoms with Crippen LogP contribution in [0.2, 0.25) is 0 Å². The summed E-state index contributed by atoms with van der Waals surface area (Å²) in [4.78, 5) is 12.7. The summed E-state index contributed by atoms with van der Waals surface area (Å²) in [6, 6.07) is 13.8. The van der Waals surface area contributed by atoms with E-state index in [2.05, 4.69) is 20.1 Å². The zero-order chi connectivity index (χ0) is 19.3. The zero-order valence-electron chi connectivity index (χ0n) is 15.9. The van der Waals surface area contributed by atoms with Crippen molar-refractivity contribution < 1.29 is 9.21 Å². The van der Waals surface area contributed by atoms with E-state index in [1.807, 2.05) is 49.4 Å². The second kappa shape index (κ2) is 8.65. The van der Waals surface area contributed by atoms with Crippen molar-refractivity contribution in [2.45, 2.75) is 55.6 Å². The standard InChI is InChI=1S/C21H24N4O2S/c1-2-18(20(26)22-13-15-7-4-3-5-8-15)28-21-24-23-19(16-10-11-16)25(21)14-17-9-6-12-27-17/h3-9,12,16,18H,2,10-11,13-14H2,1H3,(H,22,26). The first kappa shape index (κ1) is 18.8. The smallest absolute Gasteiger partial charge is 0.233 e. The number of carbonyl (C=O) groups is 1. The molecule has 0 radical (unpaired) electrons. The third-order valence-corrected chi connectivity index (χ3v) is 6.15. The summed E-state index contributed by atoms with van der Waals surface area (Å²) in [5.41, 5.74) is 1.09. The molecule has 2 aromatic heterocycles. The number of nitrogens with zero attached hydrogens (tertiary/aromatic N) is 3. The van der Waals surface area contributed by atoms with Crippen LogP contribution in [0.1, 0.15) is 49.3 Å². The lowest BCUT2D eigenvalue weighted by molar-refractivity contribution is -0.120. The Balaban J connectivity index is 1.46. The number of amides is 1. The minimum Gasteiger partial charge on any atom is -0.467 e. The van der Waals surface area contributed by atoms with Gasteiger partial charge < -0.3 is 9.73 Å². The van der Waals surface area contributed by atoms with Crippen LogP contribution in [0.15, 0.2) is 58.3 Å². The Bertz CT molecular complexity index is 904. The minimum absolute atomic E-state index is 0.0249. The molecule has 1 saturated carbocycles. The number of hydrogen-bond donors (Lipinski definition) is 1. The van der Waals surface area contributed by atoms with Gasteiger partial charge in [-0.15, -0.1) is 10.2 Å². The molecule has 1 aromatic carbocycles. The molecule has 28 heavy (non-hydrogen) atoms. The lowest BCUT2D eigenvalue weighted by Gasteiger charge is -2.15. The van der Waals surface area contributed by atoms with Gasteiger partial charge in [-0.05, 0) is 37.0 Å². The van der Waals surface area contributed by atoms with E-state index in [0.29, 0.717) is 19.0 Å². The fraction of sp³-hybridized carbons (Fsp3) is 0.381. The highest BCUT2D eigenvalue weighted by Crippen LogP contribution is 2.40. The van der Waals surface area contributed by atoms with Gasteiger partial charge in [0.15, 0.2) is 5.16 Å². The average Bonchev–Trinajstić information content (AvgIpc) is 3.29. The highest BCUT2D eigenvalue weighted by Gasteiger charge is 2.32. The van der Waals surface area contributed by atoms with Gasteiger partial charge in [-0.25, -0.2) is 0 Å². The van der Waals surface area contributed by atoms with Crippen molar-refractivity contribution in [2.75, 3.05) is 0 Å². The Morgan fingerprint density at radius 2 is 2.07 bits per heavy atom. The first-order chi connectivity index (χ1) is 13.7. The first-order valence-corrected chi connectivity index (χ1v) is 10.6. The lowest BCUT2D eigenvalue weighted by Crippen LogP contribution is -2.32. The van der Waals surface area contributed by atoms with Gasteiger partial charge in [-0.1, -0.05) is 49.0 Å². The van der Waals surface area contributed by atoms with E-state index in [0.717, 1.165) is 41.6 Å². The average molecular weight is 397 g/mol. The Labute approximate surface area is 168 Å². The van der Waals surface area contributed by atoms with Gasteiger partial charge >= 0.3 is 0 Å². The van der Waals surface area contributed by atoms with Crippen molar-refractivity contribution in [3.05, 3.63) is 65.9 Å². The van der Waals surface area contributed by atoms with Gasteiger partial charge in [-0.3, -0.25) is 9.36 Å². The molecule has 1 aliphatic rings. The lowest BCUT2D eigenvalue weighted by atomic mass is 10.2. The largest absolute Gasteiger partial charge is 0.467 e. The highest BCUT2D eigenvalue weighted by molar-refractivity contribution is 8.00. The molecule has 0 aliphatic heterocycles. The van der Waals surface area contributed by atoms with E-state index < -0.39 is 0 Å². The second-order valence-electron chi connectivity index (χ2n) is 7.00. The number of hydrogen-bond acceptors (Lipinski definition) is 5. The number of rotatable bonds is 9. The van der Waals surface area contributed by atoms with Crippen LogP contribution in [-0.2, 0) is 17.9 Å². The molecule has 146 valence electrons. The molecular formula is C21H24N4O2S. The molecule has 0 spiro atoms. The molecule has 6 nitrogen and oxygen atoms in total. The SMILES string of the molecule is CCC(Sc1nnc(C2CC2)n1Cc1ccco1)C(=O)NCc1ccccc1. The van der Waals surface area contributed by atoms with Gasteiger partial charge in [0.05, 0.1) is 18.1 Å². The van der Waals surface area contributed by atoms with Crippen LogP contribution in [0.4, 0.5) is 0 Å². The van der Waals surface area contributed by atoms with Crippen molar-refractivity contribution in [2.24, 2.45) is 0 Å². The minimum atomic E-state index is -0.213. The third-order valence-electron chi connectivity index (χ3n) is 4.80. The summed E-state index contributed by atoms with van der Waals surface area (Å²) < 4.78 is 7.62. The van der Waals surface area contributed by atoms with Crippen LogP contribution in [0, 0.1) is 0 Å². The molecule has 1 N–H and O–H groups in total. The molecule has 1 amide bonds. The molecular weight excluding hydrogens is 372 g/mol. The van der Waals surface area contributed by atoms with E-state index in [1.54, 1.807) is 6.26 Å². The number of benzene rings is 1. The molecule has 0 bridgehead atoms. The molecule has 1 aliphatic carbocycles. The number of furan rings is 1. The van der Waals surface area contributed by atoms with Gasteiger partial charge in [0.2, 0.25) is 5.91 Å². The van der Waals surface area contributed by atoms with Crippen LogP contribution >= 0.6 is 11.8 Å². The predicted octanol–water partition coefficient (Wildman–Crippen LogP) is 3.98. The summed E-state index contributed by atoms with van der Waals surface area (Å²) in [5, 5.41) is 12.4. The summed E-state index contributed by atoms with van der Waals surface area (Å²) in [5.74, 6) is 2.37. The van der Waals surface area contributed by atoms with Crippen molar-refractivity contribution in [1.82, 2.24) is 20.1 Å². The van der Waals surface area contributed by atoms with Gasteiger partial charge in [0.25, 0.3) is 0 Å². The summed E-state index contributed by atoms with van der Waals surface area (Å²) >= 11 is 1.48. The van der Waals surface area contributed by atoms with Gasteiger partial charge in [-0.2, -0.15) is 0 Å². The predicted molar refractivity (Wildman–Crippen MR) is 108 cm³/mol. The summed E-state index contributed by atoms with van der Waals surface area (Å²) in [6.07, 6.45) is 4.69. The Kier molecular flexibility index (Phi) is 5.81. The molecule has 2 heterocycles. The quantitative estimate of drug-likeness (QED) is 0.554. The zero-order valence-corrected chi connectivity index (χ0v) is 16.7. The van der Waals surface area contributed by atoms with E-state index in [9.17, 15) is 4.79 Å². The van der Waals surface area contributed by atoms with Crippen LogP contribution in [0.5, 0.6) is 0 Å². The maximum Gasteiger partial charge on any atom is 0.233 e. The maximum absolute atomic E-state index is 12.7. The molecule has 0 saturated heterocycles. The molecule has 1 fully saturated rings. The number of carbonyl (C=O) groups excluding carboxylic acids is 1. The van der Waals surface area contributed by atoms with E-state index in [-0.39, 0.29) is 11.2 Å². The Hall–Kier alpha value is -2.54. The van der Waals surface area contributed by atoms with Crippen LogP contribution in [0.3, 0.4) is 0 Å². The molecule has 1 unspecified atom stereocenters. The first-order valence-electron chi connectivity index (χ1n) is 9.68. The van der Waals surface area contributed by atoms with Crippen molar-refractivity contribution in [3.8, 4) is 0 Å². The van der Waals surface area contributed by atoms with Crippen molar-refractivity contribution >= 4 is 17.7 Å². The molecule has 7 heteroatoms. The normalized spacial score (nSPS) is 14.8. The monoisotopic (exact) mass is 396 g/mol. The van der Waals surface area contributed by atoms with Gasteiger partial charge in [0, 0.05) is 12.5 Å². The maximum atomic E-state index is 12.7. The number of thioether (sulfide) groups is 1.